The predicted octanol–water partition coefficient (Wildman–Crippen LogP) is 2.65. The van der Waals surface area contributed by atoms with Crippen LogP contribution in [0.4, 0.5) is 0 Å². The second-order valence-corrected chi connectivity index (χ2v) is 9.68. The fraction of sp³-hybridized carbons (Fsp3) is 0.810. The van der Waals surface area contributed by atoms with E-state index in [1.165, 1.54) is 43.4 Å². The topological polar surface area (TPSA) is 60.9 Å². The highest BCUT2D eigenvalue weighted by atomic mass is 32.2. The molecule has 1 N–H and O–H groups in total. The number of likely N-dealkylation sites (tertiary alicyclic amines) is 2. The van der Waals surface area contributed by atoms with Gasteiger partial charge in [-0.1, -0.05) is 18.9 Å². The van der Waals surface area contributed by atoms with Gasteiger partial charge in [-0.2, -0.15) is 0 Å². The molecule has 0 aromatic heterocycles. The molecule has 6 heteroatoms. The Hall–Kier alpha value is -1.01. The van der Waals surface area contributed by atoms with Crippen molar-refractivity contribution in [2.45, 2.75) is 57.4 Å². The minimum absolute atomic E-state index is 0.0442. The van der Waals surface area contributed by atoms with E-state index >= 15 is 0 Å². The number of allylic oxidation sites excluding steroid dienone is 1. The van der Waals surface area contributed by atoms with Crippen LogP contribution >= 0.6 is 11.8 Å². The van der Waals surface area contributed by atoms with Crippen molar-refractivity contribution in [1.29, 1.82) is 0 Å². The Morgan fingerprint density at radius 1 is 1.04 bits per heavy atom. The summed E-state index contributed by atoms with van der Waals surface area (Å²) >= 11 is 1.85. The molecule has 1 aliphatic carbocycles. The standard InChI is InChI=1S/C21H32N2O3S/c24-13-20(25)22-10-7-16(8-11-22)19-12-17(14-27-19)21(26)23-9-3-5-15-4-1-2-6-18(15)23/h12,15-18,24H,1-11,13-14H2. The van der Waals surface area contributed by atoms with Crippen molar-refractivity contribution in [2.24, 2.45) is 17.8 Å². The molecule has 0 radical (unpaired) electrons. The molecule has 4 rings (SSSR count). The van der Waals surface area contributed by atoms with E-state index in [2.05, 4.69) is 11.0 Å². The van der Waals surface area contributed by atoms with E-state index in [9.17, 15) is 9.59 Å². The van der Waals surface area contributed by atoms with Crippen LogP contribution in [0.1, 0.15) is 51.4 Å². The van der Waals surface area contributed by atoms with Gasteiger partial charge < -0.3 is 14.9 Å². The van der Waals surface area contributed by atoms with Gasteiger partial charge in [0.25, 0.3) is 0 Å². The van der Waals surface area contributed by atoms with E-state index < -0.39 is 6.61 Å². The highest BCUT2D eigenvalue weighted by Crippen LogP contribution is 2.41. The third-order valence-electron chi connectivity index (χ3n) is 7.02. The first-order valence-corrected chi connectivity index (χ1v) is 11.7. The highest BCUT2D eigenvalue weighted by molar-refractivity contribution is 8.03. The van der Waals surface area contributed by atoms with Gasteiger partial charge in [0.2, 0.25) is 11.8 Å². The molecule has 3 unspecified atom stereocenters. The predicted molar refractivity (Wildman–Crippen MR) is 107 cm³/mol. The van der Waals surface area contributed by atoms with Crippen LogP contribution in [0.25, 0.3) is 0 Å². The number of rotatable bonds is 3. The maximum absolute atomic E-state index is 13.3. The Kier molecular flexibility index (Phi) is 6.12. The van der Waals surface area contributed by atoms with Gasteiger partial charge in [-0.3, -0.25) is 9.59 Å². The Bertz CT molecular complexity index is 598. The smallest absolute Gasteiger partial charge is 0.248 e. The zero-order valence-electron chi connectivity index (χ0n) is 16.1. The Labute approximate surface area is 166 Å². The normalized spacial score (nSPS) is 32.2. The lowest BCUT2D eigenvalue weighted by atomic mass is 9.78. The fourth-order valence-electron chi connectivity index (χ4n) is 5.50. The van der Waals surface area contributed by atoms with Gasteiger partial charge in [-0.05, 0) is 55.3 Å². The fourth-order valence-corrected chi connectivity index (χ4v) is 6.84. The van der Waals surface area contributed by atoms with Crippen LogP contribution < -0.4 is 0 Å². The maximum atomic E-state index is 13.3. The molecule has 150 valence electrons. The van der Waals surface area contributed by atoms with Gasteiger partial charge in [-0.15, -0.1) is 11.8 Å². The monoisotopic (exact) mass is 392 g/mol. The number of hydrogen-bond acceptors (Lipinski definition) is 4. The molecular formula is C21H32N2O3S. The first-order chi connectivity index (χ1) is 13.2. The summed E-state index contributed by atoms with van der Waals surface area (Å²) in [5.74, 6) is 2.34. The highest BCUT2D eigenvalue weighted by Gasteiger charge is 2.39. The van der Waals surface area contributed by atoms with Crippen molar-refractivity contribution < 1.29 is 14.7 Å². The molecule has 1 saturated carbocycles. The van der Waals surface area contributed by atoms with Crippen LogP contribution in [0.2, 0.25) is 0 Å². The molecule has 3 fully saturated rings. The number of fused-ring (bicyclic) bond motifs is 1. The molecule has 27 heavy (non-hydrogen) atoms. The lowest BCUT2D eigenvalue weighted by Crippen LogP contribution is -2.51. The summed E-state index contributed by atoms with van der Waals surface area (Å²) in [6, 6.07) is 0.496. The van der Waals surface area contributed by atoms with Gasteiger partial charge in [0.1, 0.15) is 6.61 Å². The van der Waals surface area contributed by atoms with Crippen molar-refractivity contribution in [2.75, 3.05) is 32.0 Å². The maximum Gasteiger partial charge on any atom is 0.248 e. The molecular weight excluding hydrogens is 360 g/mol. The second kappa shape index (κ2) is 8.56. The number of aliphatic hydroxyl groups is 1. The largest absolute Gasteiger partial charge is 0.387 e. The number of carbonyl (C=O) groups excluding carboxylic acids is 2. The van der Waals surface area contributed by atoms with Gasteiger partial charge in [0, 0.05) is 31.4 Å². The SMILES string of the molecule is O=C(CO)N1CCC(C2=CC(C(=O)N3CCCC4CCCCC43)CS2)CC1. The van der Waals surface area contributed by atoms with E-state index in [1.807, 2.05) is 11.8 Å². The van der Waals surface area contributed by atoms with Crippen molar-refractivity contribution in [3.63, 3.8) is 0 Å². The number of hydrogen-bond donors (Lipinski definition) is 1. The third kappa shape index (κ3) is 4.07. The van der Waals surface area contributed by atoms with Gasteiger partial charge in [-0.25, -0.2) is 0 Å². The van der Waals surface area contributed by atoms with Gasteiger partial charge >= 0.3 is 0 Å². The van der Waals surface area contributed by atoms with E-state index in [4.69, 9.17) is 5.11 Å². The van der Waals surface area contributed by atoms with Crippen LogP contribution in [-0.2, 0) is 9.59 Å². The average Bonchev–Trinajstić information content (AvgIpc) is 3.22. The summed E-state index contributed by atoms with van der Waals surface area (Å²) in [5, 5.41) is 9.02. The molecule has 4 aliphatic rings. The van der Waals surface area contributed by atoms with E-state index in [-0.39, 0.29) is 11.8 Å². The second-order valence-electron chi connectivity index (χ2n) is 8.59. The third-order valence-corrected chi connectivity index (χ3v) is 8.35. The Balaban J connectivity index is 1.36. The van der Waals surface area contributed by atoms with Crippen LogP contribution in [0.15, 0.2) is 11.0 Å². The molecule has 0 aromatic carbocycles. The quantitative estimate of drug-likeness (QED) is 0.802. The minimum atomic E-state index is -0.392. The van der Waals surface area contributed by atoms with Crippen molar-refractivity contribution in [1.82, 2.24) is 9.80 Å². The van der Waals surface area contributed by atoms with Gasteiger partial charge in [0.05, 0.1) is 5.92 Å². The average molecular weight is 393 g/mol. The summed E-state index contributed by atoms with van der Waals surface area (Å²) in [5.41, 5.74) is 0. The number of aliphatic hydroxyl groups excluding tert-OH is 1. The number of piperidine rings is 2. The molecule has 3 aliphatic heterocycles. The summed E-state index contributed by atoms with van der Waals surface area (Å²) in [6.07, 6.45) is 11.7. The van der Waals surface area contributed by atoms with Crippen LogP contribution in [0.3, 0.4) is 0 Å². The molecule has 3 atom stereocenters. The van der Waals surface area contributed by atoms with Crippen molar-refractivity contribution in [3.8, 4) is 0 Å². The zero-order valence-corrected chi connectivity index (χ0v) is 17.0. The van der Waals surface area contributed by atoms with Crippen LogP contribution in [0.5, 0.6) is 0 Å². The Morgan fingerprint density at radius 2 is 1.78 bits per heavy atom. The molecule has 0 aromatic rings. The number of thioether (sulfide) groups is 1. The number of nitrogens with zero attached hydrogens (tertiary/aromatic N) is 2. The van der Waals surface area contributed by atoms with Crippen molar-refractivity contribution >= 4 is 23.6 Å². The van der Waals surface area contributed by atoms with E-state index in [1.54, 1.807) is 4.90 Å². The molecule has 0 bridgehead atoms. The molecule has 2 saturated heterocycles. The molecule has 0 spiro atoms. The molecule has 3 heterocycles. The first kappa shape index (κ1) is 19.3. The number of carbonyl (C=O) groups is 2. The zero-order chi connectivity index (χ0) is 18.8. The van der Waals surface area contributed by atoms with Crippen LogP contribution in [-0.4, -0.2) is 64.8 Å². The molecule has 2 amide bonds. The molecule has 5 nitrogen and oxygen atoms in total. The number of amides is 2. The van der Waals surface area contributed by atoms with E-state index in [0.29, 0.717) is 17.9 Å². The summed E-state index contributed by atoms with van der Waals surface area (Å²) < 4.78 is 0. The first-order valence-electron chi connectivity index (χ1n) is 10.7. The van der Waals surface area contributed by atoms with Crippen molar-refractivity contribution in [3.05, 3.63) is 11.0 Å². The lowest BCUT2D eigenvalue weighted by Gasteiger charge is -2.44. The summed E-state index contributed by atoms with van der Waals surface area (Å²) in [4.78, 5) is 30.2. The van der Waals surface area contributed by atoms with E-state index in [0.717, 1.165) is 44.1 Å². The minimum Gasteiger partial charge on any atom is -0.387 e. The lowest BCUT2D eigenvalue weighted by molar-refractivity contribution is -0.139. The van der Waals surface area contributed by atoms with Crippen LogP contribution in [0, 0.1) is 17.8 Å². The summed E-state index contributed by atoms with van der Waals surface area (Å²) in [6.45, 7) is 2.00. The summed E-state index contributed by atoms with van der Waals surface area (Å²) in [7, 11) is 0. The van der Waals surface area contributed by atoms with Gasteiger partial charge in [0.15, 0.2) is 0 Å². The Morgan fingerprint density at radius 3 is 2.56 bits per heavy atom.